The van der Waals surface area contributed by atoms with E-state index in [0.717, 1.165) is 19.3 Å². The van der Waals surface area contributed by atoms with Gasteiger partial charge in [0.05, 0.1) is 5.56 Å². The van der Waals surface area contributed by atoms with E-state index in [9.17, 15) is 14.7 Å². The first kappa shape index (κ1) is 15.1. The first-order chi connectivity index (χ1) is 11.1. The molecule has 1 aliphatic rings. The topological polar surface area (TPSA) is 75.6 Å². The SMILES string of the molecule is O=C(COC(=O)c1cccc(O)c1)Nc1ccc2c(c1)CCC2. The van der Waals surface area contributed by atoms with Crippen molar-refractivity contribution in [3.05, 3.63) is 59.2 Å². The third kappa shape index (κ3) is 3.69. The summed E-state index contributed by atoms with van der Waals surface area (Å²) in [6.45, 7) is -0.369. The van der Waals surface area contributed by atoms with Gasteiger partial charge < -0.3 is 15.2 Å². The number of phenols is 1. The van der Waals surface area contributed by atoms with E-state index >= 15 is 0 Å². The average molecular weight is 311 g/mol. The number of esters is 1. The van der Waals surface area contributed by atoms with Gasteiger partial charge in [0.25, 0.3) is 5.91 Å². The third-order valence-corrected chi connectivity index (χ3v) is 3.80. The van der Waals surface area contributed by atoms with E-state index in [2.05, 4.69) is 5.32 Å². The monoisotopic (exact) mass is 311 g/mol. The minimum atomic E-state index is -0.648. The van der Waals surface area contributed by atoms with Crippen molar-refractivity contribution in [2.75, 3.05) is 11.9 Å². The molecule has 0 heterocycles. The highest BCUT2D eigenvalue weighted by molar-refractivity contribution is 5.95. The predicted molar refractivity (Wildman–Crippen MR) is 85.5 cm³/mol. The molecule has 2 aromatic carbocycles. The van der Waals surface area contributed by atoms with Gasteiger partial charge in [-0.05, 0) is 60.7 Å². The molecule has 5 nitrogen and oxygen atoms in total. The molecular formula is C18H17NO4. The predicted octanol–water partition coefficient (Wildman–Crippen LogP) is 2.68. The van der Waals surface area contributed by atoms with Crippen LogP contribution in [0.3, 0.4) is 0 Å². The fourth-order valence-electron chi connectivity index (χ4n) is 2.69. The number of phenolic OH excluding ortho intramolecular Hbond substituents is 1. The number of hydrogen-bond acceptors (Lipinski definition) is 4. The summed E-state index contributed by atoms with van der Waals surface area (Å²) in [6, 6.07) is 11.7. The van der Waals surface area contributed by atoms with Gasteiger partial charge in [0.1, 0.15) is 5.75 Å². The summed E-state index contributed by atoms with van der Waals surface area (Å²) < 4.78 is 4.95. The molecule has 0 atom stereocenters. The van der Waals surface area contributed by atoms with Crippen molar-refractivity contribution in [2.45, 2.75) is 19.3 Å². The highest BCUT2D eigenvalue weighted by Crippen LogP contribution is 2.24. The van der Waals surface area contributed by atoms with Gasteiger partial charge in [0.2, 0.25) is 0 Å². The number of aromatic hydroxyl groups is 1. The van der Waals surface area contributed by atoms with Gasteiger partial charge in [-0.25, -0.2) is 4.79 Å². The van der Waals surface area contributed by atoms with Crippen LogP contribution >= 0.6 is 0 Å². The Hall–Kier alpha value is -2.82. The van der Waals surface area contributed by atoms with E-state index in [1.54, 1.807) is 0 Å². The van der Waals surface area contributed by atoms with Crippen LogP contribution in [-0.4, -0.2) is 23.6 Å². The van der Waals surface area contributed by atoms with E-state index in [1.165, 1.54) is 35.4 Å². The number of hydrogen-bond donors (Lipinski definition) is 2. The highest BCUT2D eigenvalue weighted by Gasteiger charge is 2.13. The Morgan fingerprint density at radius 3 is 2.74 bits per heavy atom. The van der Waals surface area contributed by atoms with Crippen LogP contribution < -0.4 is 5.32 Å². The van der Waals surface area contributed by atoms with Crippen molar-refractivity contribution in [3.8, 4) is 5.75 Å². The molecule has 5 heteroatoms. The standard InChI is InChI=1S/C18H17NO4/c20-16-6-2-5-14(10-16)18(22)23-11-17(21)19-15-8-7-12-3-1-4-13(12)9-15/h2,5-10,20H,1,3-4,11H2,(H,19,21). The number of anilines is 1. The number of nitrogens with one attached hydrogen (secondary N) is 1. The molecule has 118 valence electrons. The first-order valence-electron chi connectivity index (χ1n) is 7.49. The van der Waals surface area contributed by atoms with Crippen LogP contribution in [0.25, 0.3) is 0 Å². The molecule has 0 saturated carbocycles. The zero-order chi connectivity index (χ0) is 16.2. The molecule has 0 spiro atoms. The number of aryl methyl sites for hydroxylation is 2. The number of ether oxygens (including phenoxy) is 1. The third-order valence-electron chi connectivity index (χ3n) is 3.80. The largest absolute Gasteiger partial charge is 0.508 e. The Balaban J connectivity index is 1.54. The van der Waals surface area contributed by atoms with Gasteiger partial charge >= 0.3 is 5.97 Å². The van der Waals surface area contributed by atoms with Crippen LogP contribution in [0.2, 0.25) is 0 Å². The Morgan fingerprint density at radius 1 is 1.09 bits per heavy atom. The van der Waals surface area contributed by atoms with Gasteiger partial charge in [-0.2, -0.15) is 0 Å². The van der Waals surface area contributed by atoms with Crippen LogP contribution in [0.4, 0.5) is 5.69 Å². The van der Waals surface area contributed by atoms with Crippen LogP contribution in [0, 0.1) is 0 Å². The molecule has 0 fully saturated rings. The van der Waals surface area contributed by atoms with Gasteiger partial charge in [0.15, 0.2) is 6.61 Å². The minimum absolute atomic E-state index is 0.0259. The summed E-state index contributed by atoms with van der Waals surface area (Å²) in [4.78, 5) is 23.7. The summed E-state index contributed by atoms with van der Waals surface area (Å²) in [5.41, 5.74) is 3.51. The van der Waals surface area contributed by atoms with Crippen molar-refractivity contribution in [2.24, 2.45) is 0 Å². The zero-order valence-corrected chi connectivity index (χ0v) is 12.5. The molecule has 1 amide bonds. The van der Waals surface area contributed by atoms with Crippen LogP contribution in [0.5, 0.6) is 5.75 Å². The number of benzene rings is 2. The second-order valence-corrected chi connectivity index (χ2v) is 5.51. The molecule has 0 aliphatic heterocycles. The fourth-order valence-corrected chi connectivity index (χ4v) is 2.69. The number of rotatable bonds is 4. The van der Waals surface area contributed by atoms with Crippen molar-refractivity contribution < 1.29 is 19.4 Å². The van der Waals surface area contributed by atoms with E-state index in [-0.39, 0.29) is 17.9 Å². The summed E-state index contributed by atoms with van der Waals surface area (Å²) in [5.74, 6) is -1.07. The molecule has 0 unspecified atom stereocenters. The molecule has 0 radical (unpaired) electrons. The summed E-state index contributed by atoms with van der Waals surface area (Å²) in [6.07, 6.45) is 3.27. The quantitative estimate of drug-likeness (QED) is 0.851. The lowest BCUT2D eigenvalue weighted by atomic mass is 10.1. The van der Waals surface area contributed by atoms with Crippen molar-refractivity contribution in [3.63, 3.8) is 0 Å². The summed E-state index contributed by atoms with van der Waals surface area (Å²) >= 11 is 0. The lowest BCUT2D eigenvalue weighted by Gasteiger charge is -2.08. The molecule has 0 bridgehead atoms. The smallest absolute Gasteiger partial charge is 0.338 e. The molecular weight excluding hydrogens is 294 g/mol. The lowest BCUT2D eigenvalue weighted by molar-refractivity contribution is -0.119. The molecule has 1 aliphatic carbocycles. The van der Waals surface area contributed by atoms with E-state index in [4.69, 9.17) is 4.74 Å². The first-order valence-corrected chi connectivity index (χ1v) is 7.49. The van der Waals surface area contributed by atoms with Gasteiger partial charge in [-0.15, -0.1) is 0 Å². The summed E-state index contributed by atoms with van der Waals surface area (Å²) in [5, 5.41) is 12.0. The maximum absolute atomic E-state index is 11.9. The van der Waals surface area contributed by atoms with Crippen LogP contribution in [-0.2, 0) is 22.4 Å². The second kappa shape index (κ2) is 6.52. The normalized spacial score (nSPS) is 12.5. The Kier molecular flexibility index (Phi) is 4.28. The fraction of sp³-hybridized carbons (Fsp3) is 0.222. The molecule has 0 aromatic heterocycles. The Bertz CT molecular complexity index is 754. The molecule has 2 aromatic rings. The van der Waals surface area contributed by atoms with E-state index in [1.807, 2.05) is 18.2 Å². The second-order valence-electron chi connectivity index (χ2n) is 5.51. The van der Waals surface area contributed by atoms with Gasteiger partial charge in [-0.1, -0.05) is 12.1 Å². The van der Waals surface area contributed by atoms with Crippen LogP contribution in [0.15, 0.2) is 42.5 Å². The lowest BCUT2D eigenvalue weighted by Crippen LogP contribution is -2.21. The van der Waals surface area contributed by atoms with Gasteiger partial charge in [-0.3, -0.25) is 4.79 Å². The number of fused-ring (bicyclic) bond motifs is 1. The molecule has 2 N–H and O–H groups in total. The van der Waals surface area contributed by atoms with Crippen molar-refractivity contribution in [1.82, 2.24) is 0 Å². The van der Waals surface area contributed by atoms with Crippen molar-refractivity contribution >= 4 is 17.6 Å². The number of carbonyl (C=O) groups excluding carboxylic acids is 2. The maximum atomic E-state index is 11.9. The van der Waals surface area contributed by atoms with Crippen LogP contribution in [0.1, 0.15) is 27.9 Å². The van der Waals surface area contributed by atoms with Gasteiger partial charge in [0, 0.05) is 5.69 Å². The summed E-state index contributed by atoms with van der Waals surface area (Å²) in [7, 11) is 0. The average Bonchev–Trinajstić information content (AvgIpc) is 3.00. The van der Waals surface area contributed by atoms with E-state index in [0.29, 0.717) is 5.69 Å². The van der Waals surface area contributed by atoms with E-state index < -0.39 is 11.9 Å². The Labute approximate surface area is 133 Å². The molecule has 0 saturated heterocycles. The van der Waals surface area contributed by atoms with Crippen molar-refractivity contribution in [1.29, 1.82) is 0 Å². The maximum Gasteiger partial charge on any atom is 0.338 e. The Morgan fingerprint density at radius 2 is 1.91 bits per heavy atom. The molecule has 23 heavy (non-hydrogen) atoms. The highest BCUT2D eigenvalue weighted by atomic mass is 16.5. The number of carbonyl (C=O) groups is 2. The number of amides is 1. The minimum Gasteiger partial charge on any atom is -0.508 e. The molecule has 3 rings (SSSR count). The zero-order valence-electron chi connectivity index (χ0n) is 12.5.